The smallest absolute Gasteiger partial charge is 0.222 e. The van der Waals surface area contributed by atoms with E-state index in [-0.39, 0.29) is 0 Å². The first-order valence-corrected chi connectivity index (χ1v) is 6.66. The average Bonchev–Trinajstić information content (AvgIpc) is 2.59. The fourth-order valence-corrected chi connectivity index (χ4v) is 2.36. The van der Waals surface area contributed by atoms with Gasteiger partial charge in [-0.2, -0.15) is 0 Å². The van der Waals surface area contributed by atoms with Crippen LogP contribution < -0.4 is 5.73 Å². The van der Waals surface area contributed by atoms with Gasteiger partial charge in [0.2, 0.25) is 5.91 Å². The van der Waals surface area contributed by atoms with Gasteiger partial charge in [-0.25, -0.2) is 0 Å². The van der Waals surface area contributed by atoms with Crippen molar-refractivity contribution in [3.8, 4) is 0 Å². The highest BCUT2D eigenvalue weighted by Crippen LogP contribution is 2.24. The summed E-state index contributed by atoms with van der Waals surface area (Å²) < 4.78 is 0. The summed E-state index contributed by atoms with van der Waals surface area (Å²) >= 11 is 0. The molecule has 0 aromatic heterocycles. The van der Waals surface area contributed by atoms with Crippen molar-refractivity contribution < 1.29 is 4.79 Å². The summed E-state index contributed by atoms with van der Waals surface area (Å²) in [6, 6.07) is 0.441. The molecule has 3 heteroatoms. The molecule has 16 heavy (non-hydrogen) atoms. The van der Waals surface area contributed by atoms with Crippen molar-refractivity contribution in [3.05, 3.63) is 0 Å². The number of hydrogen-bond donors (Lipinski definition) is 1. The molecule has 1 aliphatic rings. The van der Waals surface area contributed by atoms with Gasteiger partial charge >= 0.3 is 0 Å². The van der Waals surface area contributed by atoms with Crippen LogP contribution >= 0.6 is 0 Å². The fraction of sp³-hybridized carbons (Fsp3) is 0.923. The van der Waals surface area contributed by atoms with E-state index >= 15 is 0 Å². The highest BCUT2D eigenvalue weighted by atomic mass is 16.2. The van der Waals surface area contributed by atoms with Crippen molar-refractivity contribution in [2.24, 2.45) is 11.7 Å². The molecule has 2 unspecified atom stereocenters. The molecule has 1 amide bonds. The molecule has 94 valence electrons. The van der Waals surface area contributed by atoms with Crippen LogP contribution in [0.3, 0.4) is 0 Å². The molecule has 1 heterocycles. The van der Waals surface area contributed by atoms with Crippen LogP contribution in [-0.2, 0) is 4.79 Å². The Morgan fingerprint density at radius 3 is 2.50 bits per heavy atom. The molecule has 1 rings (SSSR count). The van der Waals surface area contributed by atoms with E-state index in [9.17, 15) is 4.79 Å². The second kappa shape index (κ2) is 6.89. The van der Waals surface area contributed by atoms with E-state index in [1.165, 1.54) is 6.42 Å². The van der Waals surface area contributed by atoms with Crippen molar-refractivity contribution in [3.63, 3.8) is 0 Å². The lowest BCUT2D eigenvalue weighted by atomic mass is 10.0. The molecular weight excluding hydrogens is 200 g/mol. The molecule has 1 saturated heterocycles. The predicted octanol–water partition coefficient (Wildman–Crippen LogP) is 2.15. The number of carbonyl (C=O) groups excluding carboxylic acids is 1. The van der Waals surface area contributed by atoms with Crippen molar-refractivity contribution in [1.29, 1.82) is 0 Å². The van der Waals surface area contributed by atoms with E-state index in [0.29, 0.717) is 17.9 Å². The van der Waals surface area contributed by atoms with E-state index in [4.69, 9.17) is 5.73 Å². The minimum Gasteiger partial charge on any atom is -0.340 e. The lowest BCUT2D eigenvalue weighted by Gasteiger charge is -2.23. The SMILES string of the molecule is CC1CCN(C(=O)CCCCCCN)C1C. The first-order chi connectivity index (χ1) is 7.66. The molecule has 2 atom stereocenters. The van der Waals surface area contributed by atoms with Gasteiger partial charge in [-0.15, -0.1) is 0 Å². The number of carbonyl (C=O) groups is 1. The Morgan fingerprint density at radius 1 is 1.25 bits per heavy atom. The number of likely N-dealkylation sites (tertiary alicyclic amines) is 1. The molecule has 3 nitrogen and oxygen atoms in total. The van der Waals surface area contributed by atoms with Gasteiger partial charge in [0.05, 0.1) is 0 Å². The van der Waals surface area contributed by atoms with Gasteiger partial charge in [0.1, 0.15) is 0 Å². The van der Waals surface area contributed by atoms with E-state index in [1.807, 2.05) is 0 Å². The molecule has 0 bridgehead atoms. The number of nitrogens with two attached hydrogens (primary N) is 1. The summed E-state index contributed by atoms with van der Waals surface area (Å²) in [6.45, 7) is 6.14. The molecule has 0 aromatic rings. The van der Waals surface area contributed by atoms with Crippen LogP contribution in [0.4, 0.5) is 0 Å². The van der Waals surface area contributed by atoms with Crippen LogP contribution in [0.25, 0.3) is 0 Å². The van der Waals surface area contributed by atoms with Crippen LogP contribution in [0.2, 0.25) is 0 Å². The van der Waals surface area contributed by atoms with Crippen molar-refractivity contribution >= 4 is 5.91 Å². The summed E-state index contributed by atoms with van der Waals surface area (Å²) in [5.74, 6) is 1.02. The minimum absolute atomic E-state index is 0.351. The highest BCUT2D eigenvalue weighted by Gasteiger charge is 2.30. The first kappa shape index (κ1) is 13.5. The van der Waals surface area contributed by atoms with Crippen molar-refractivity contribution in [2.75, 3.05) is 13.1 Å². The largest absolute Gasteiger partial charge is 0.340 e. The van der Waals surface area contributed by atoms with Gasteiger partial charge in [0, 0.05) is 19.0 Å². The number of rotatable bonds is 6. The fourth-order valence-electron chi connectivity index (χ4n) is 2.36. The normalized spacial score (nSPS) is 25.1. The van der Waals surface area contributed by atoms with Gasteiger partial charge in [-0.05, 0) is 38.6 Å². The quantitative estimate of drug-likeness (QED) is 0.705. The van der Waals surface area contributed by atoms with E-state index in [2.05, 4.69) is 18.7 Å². The third kappa shape index (κ3) is 3.78. The van der Waals surface area contributed by atoms with Gasteiger partial charge in [-0.3, -0.25) is 4.79 Å². The van der Waals surface area contributed by atoms with Gasteiger partial charge in [-0.1, -0.05) is 19.8 Å². The lowest BCUT2D eigenvalue weighted by Crippen LogP contribution is -2.35. The number of nitrogens with zero attached hydrogens (tertiary/aromatic N) is 1. The van der Waals surface area contributed by atoms with E-state index in [0.717, 1.165) is 45.2 Å². The summed E-state index contributed by atoms with van der Waals surface area (Å²) in [6.07, 6.45) is 6.31. The maximum atomic E-state index is 11.9. The molecule has 0 saturated carbocycles. The van der Waals surface area contributed by atoms with E-state index < -0.39 is 0 Å². The zero-order valence-electron chi connectivity index (χ0n) is 10.7. The predicted molar refractivity (Wildman–Crippen MR) is 67.1 cm³/mol. The first-order valence-electron chi connectivity index (χ1n) is 6.66. The maximum absolute atomic E-state index is 11.9. The highest BCUT2D eigenvalue weighted by molar-refractivity contribution is 5.76. The summed E-state index contributed by atoms with van der Waals surface area (Å²) in [5, 5.41) is 0. The second-order valence-corrected chi connectivity index (χ2v) is 5.05. The summed E-state index contributed by atoms with van der Waals surface area (Å²) in [7, 11) is 0. The van der Waals surface area contributed by atoms with Gasteiger partial charge in [0.15, 0.2) is 0 Å². The number of amides is 1. The summed E-state index contributed by atoms with van der Waals surface area (Å²) in [4.78, 5) is 14.0. The zero-order valence-corrected chi connectivity index (χ0v) is 10.7. The second-order valence-electron chi connectivity index (χ2n) is 5.05. The number of unbranched alkanes of at least 4 members (excludes halogenated alkanes) is 3. The van der Waals surface area contributed by atoms with Gasteiger partial charge in [0.25, 0.3) is 0 Å². The van der Waals surface area contributed by atoms with Crippen LogP contribution in [0.5, 0.6) is 0 Å². The Labute approximate surface area is 99.4 Å². The van der Waals surface area contributed by atoms with Gasteiger partial charge < -0.3 is 10.6 Å². The monoisotopic (exact) mass is 226 g/mol. The zero-order chi connectivity index (χ0) is 12.0. The number of hydrogen-bond acceptors (Lipinski definition) is 2. The topological polar surface area (TPSA) is 46.3 Å². The van der Waals surface area contributed by atoms with Crippen LogP contribution in [0.1, 0.15) is 52.4 Å². The molecule has 0 radical (unpaired) electrons. The molecular formula is C13H26N2O. The standard InChI is InChI=1S/C13H26N2O/c1-11-8-10-15(12(11)2)13(16)7-5-3-4-6-9-14/h11-12H,3-10,14H2,1-2H3. The Bertz CT molecular complexity index is 218. The lowest BCUT2D eigenvalue weighted by molar-refractivity contribution is -0.132. The minimum atomic E-state index is 0.351. The van der Waals surface area contributed by atoms with Crippen molar-refractivity contribution in [2.45, 2.75) is 58.4 Å². The Balaban J connectivity index is 2.15. The van der Waals surface area contributed by atoms with E-state index in [1.54, 1.807) is 0 Å². The van der Waals surface area contributed by atoms with Crippen molar-refractivity contribution in [1.82, 2.24) is 4.90 Å². The molecule has 0 aromatic carbocycles. The average molecular weight is 226 g/mol. The summed E-state index contributed by atoms with van der Waals surface area (Å²) in [5.41, 5.74) is 5.43. The molecule has 1 aliphatic heterocycles. The molecule has 0 aliphatic carbocycles. The van der Waals surface area contributed by atoms with Crippen LogP contribution in [-0.4, -0.2) is 29.9 Å². The van der Waals surface area contributed by atoms with Crippen LogP contribution in [0.15, 0.2) is 0 Å². The maximum Gasteiger partial charge on any atom is 0.222 e. The molecule has 1 fully saturated rings. The Kier molecular flexibility index (Phi) is 5.81. The third-order valence-corrected chi connectivity index (χ3v) is 3.81. The van der Waals surface area contributed by atoms with Crippen LogP contribution in [0, 0.1) is 5.92 Å². The Morgan fingerprint density at radius 2 is 1.94 bits per heavy atom. The molecule has 2 N–H and O–H groups in total. The molecule has 0 spiro atoms. The Hall–Kier alpha value is -0.570. The third-order valence-electron chi connectivity index (χ3n) is 3.81.